The minimum atomic E-state index is -1.45. The smallest absolute Gasteiger partial charge is 0.129 e. The molecule has 0 unspecified atom stereocenters. The first-order chi connectivity index (χ1) is 10.7. The molecule has 0 N–H and O–H groups in total. The van der Waals surface area contributed by atoms with Gasteiger partial charge in [-0.3, -0.25) is 0 Å². The summed E-state index contributed by atoms with van der Waals surface area (Å²) in [5.41, 5.74) is 10.2. The van der Waals surface area contributed by atoms with Crippen molar-refractivity contribution in [1.29, 1.82) is 0 Å². The number of aryl methyl sites for hydroxylation is 3. The summed E-state index contributed by atoms with van der Waals surface area (Å²) >= 11 is 0. The van der Waals surface area contributed by atoms with Gasteiger partial charge in [0.15, 0.2) is 0 Å². The van der Waals surface area contributed by atoms with Gasteiger partial charge in [-0.1, -0.05) is 55.4 Å². The molecular formula is C21H25NSi. The van der Waals surface area contributed by atoms with Crippen molar-refractivity contribution in [1.82, 2.24) is 0 Å². The van der Waals surface area contributed by atoms with E-state index in [0.29, 0.717) is 0 Å². The van der Waals surface area contributed by atoms with E-state index in [2.05, 4.69) is 82.2 Å². The third kappa shape index (κ3) is 5.23. The van der Waals surface area contributed by atoms with Crippen molar-refractivity contribution >= 4 is 19.5 Å². The normalized spacial score (nSPS) is 11.8. The zero-order valence-electron chi connectivity index (χ0n) is 15.0. The van der Waals surface area contributed by atoms with Crippen LogP contribution in [-0.2, 0) is 0 Å². The van der Waals surface area contributed by atoms with E-state index in [0.717, 1.165) is 17.0 Å². The van der Waals surface area contributed by atoms with Crippen LogP contribution in [0, 0.1) is 32.2 Å². The lowest BCUT2D eigenvalue weighted by atomic mass is 10.0. The van der Waals surface area contributed by atoms with Crippen LogP contribution in [0.2, 0.25) is 19.6 Å². The van der Waals surface area contributed by atoms with Crippen molar-refractivity contribution in [3.8, 4) is 11.5 Å². The molecule has 0 aliphatic heterocycles. The molecule has 2 heteroatoms. The fourth-order valence-electron chi connectivity index (χ4n) is 2.05. The number of nitrogens with zero attached hydrogens (tertiary/aromatic N) is 1. The Labute approximate surface area is 141 Å². The van der Waals surface area contributed by atoms with E-state index in [1.807, 2.05) is 12.1 Å². The van der Waals surface area contributed by atoms with Crippen molar-refractivity contribution in [3.63, 3.8) is 0 Å². The molecule has 0 aromatic heterocycles. The third-order valence-electron chi connectivity index (χ3n) is 3.61. The summed E-state index contributed by atoms with van der Waals surface area (Å²) < 4.78 is 0. The predicted octanol–water partition coefficient (Wildman–Crippen LogP) is 5.61. The SMILES string of the molecule is Cc1ccc(N=C(C#C[Si](C)(C)C)c2ccc(C)c(C)c2)cc1. The summed E-state index contributed by atoms with van der Waals surface area (Å²) in [7, 11) is -1.45. The van der Waals surface area contributed by atoms with Crippen molar-refractivity contribution in [2.24, 2.45) is 4.99 Å². The van der Waals surface area contributed by atoms with E-state index in [1.54, 1.807) is 0 Å². The topological polar surface area (TPSA) is 12.4 Å². The van der Waals surface area contributed by atoms with Gasteiger partial charge in [0.2, 0.25) is 0 Å². The Bertz CT molecular complexity index is 781. The van der Waals surface area contributed by atoms with E-state index in [9.17, 15) is 0 Å². The molecule has 2 aromatic rings. The number of rotatable bonds is 2. The maximum Gasteiger partial charge on any atom is 0.129 e. The quantitative estimate of drug-likeness (QED) is 0.387. The molecule has 0 fully saturated rings. The second-order valence-corrected chi connectivity index (χ2v) is 11.8. The summed E-state index contributed by atoms with van der Waals surface area (Å²) in [6, 6.07) is 14.7. The number of aliphatic imine (C=N–C) groups is 1. The van der Waals surface area contributed by atoms with Crippen LogP contribution in [0.5, 0.6) is 0 Å². The highest BCUT2D eigenvalue weighted by Crippen LogP contribution is 2.17. The maximum absolute atomic E-state index is 4.81. The fraction of sp³-hybridized carbons (Fsp3) is 0.286. The van der Waals surface area contributed by atoms with Gasteiger partial charge in [0.25, 0.3) is 0 Å². The van der Waals surface area contributed by atoms with Gasteiger partial charge in [-0.2, -0.15) is 0 Å². The minimum Gasteiger partial charge on any atom is -0.239 e. The number of hydrogen-bond donors (Lipinski definition) is 0. The Morgan fingerprint density at radius 3 is 2.09 bits per heavy atom. The van der Waals surface area contributed by atoms with Gasteiger partial charge in [-0.25, -0.2) is 4.99 Å². The van der Waals surface area contributed by atoms with Crippen molar-refractivity contribution in [3.05, 3.63) is 64.7 Å². The van der Waals surface area contributed by atoms with Crippen molar-refractivity contribution < 1.29 is 0 Å². The van der Waals surface area contributed by atoms with Gasteiger partial charge in [0.1, 0.15) is 13.8 Å². The highest BCUT2D eigenvalue weighted by molar-refractivity contribution is 6.84. The lowest BCUT2D eigenvalue weighted by molar-refractivity contribution is 1.33. The van der Waals surface area contributed by atoms with Gasteiger partial charge in [0.05, 0.1) is 5.69 Å². The van der Waals surface area contributed by atoms with Crippen LogP contribution < -0.4 is 0 Å². The standard InChI is InChI=1S/C21H25NSi/c1-16-7-11-20(12-8-16)22-21(13-14-23(4,5)6)19-10-9-17(2)18(3)15-19/h7-12,15H,1-6H3. The number of benzene rings is 2. The van der Waals surface area contributed by atoms with E-state index in [1.165, 1.54) is 16.7 Å². The minimum absolute atomic E-state index is 0.861. The Morgan fingerprint density at radius 1 is 0.870 bits per heavy atom. The average Bonchev–Trinajstić information content (AvgIpc) is 2.47. The highest BCUT2D eigenvalue weighted by atomic mass is 28.3. The molecule has 0 radical (unpaired) electrons. The largest absolute Gasteiger partial charge is 0.239 e. The zero-order chi connectivity index (χ0) is 17.0. The number of hydrogen-bond acceptors (Lipinski definition) is 1. The molecule has 0 bridgehead atoms. The molecule has 118 valence electrons. The lowest BCUT2D eigenvalue weighted by Gasteiger charge is -2.07. The summed E-state index contributed by atoms with van der Waals surface area (Å²) in [6.45, 7) is 13.1. The van der Waals surface area contributed by atoms with Crippen LogP contribution in [0.1, 0.15) is 22.3 Å². The van der Waals surface area contributed by atoms with Crippen molar-refractivity contribution in [2.75, 3.05) is 0 Å². The van der Waals surface area contributed by atoms with Crippen LogP contribution in [-0.4, -0.2) is 13.8 Å². The van der Waals surface area contributed by atoms with E-state index in [-0.39, 0.29) is 0 Å². The van der Waals surface area contributed by atoms with Gasteiger partial charge >= 0.3 is 0 Å². The van der Waals surface area contributed by atoms with E-state index < -0.39 is 8.07 Å². The predicted molar refractivity (Wildman–Crippen MR) is 104 cm³/mol. The maximum atomic E-state index is 4.81. The van der Waals surface area contributed by atoms with Gasteiger partial charge in [-0.05, 0) is 50.1 Å². The monoisotopic (exact) mass is 319 g/mol. The molecule has 0 saturated carbocycles. The Balaban J connectivity index is 2.52. The molecule has 0 heterocycles. The molecule has 0 spiro atoms. The fourth-order valence-corrected chi connectivity index (χ4v) is 2.54. The summed E-state index contributed by atoms with van der Waals surface area (Å²) in [5, 5.41) is 0. The van der Waals surface area contributed by atoms with Crippen LogP contribution in [0.3, 0.4) is 0 Å². The Hall–Kier alpha value is -2.11. The molecule has 0 saturated heterocycles. The second-order valence-electron chi connectivity index (χ2n) is 7.09. The van der Waals surface area contributed by atoms with E-state index in [4.69, 9.17) is 4.99 Å². The third-order valence-corrected chi connectivity index (χ3v) is 4.49. The van der Waals surface area contributed by atoms with E-state index >= 15 is 0 Å². The molecule has 2 rings (SSSR count). The first kappa shape index (κ1) is 17.2. The van der Waals surface area contributed by atoms with Gasteiger partial charge in [0, 0.05) is 5.56 Å². The highest BCUT2D eigenvalue weighted by Gasteiger charge is 2.09. The average molecular weight is 320 g/mol. The molecule has 0 aliphatic carbocycles. The zero-order valence-corrected chi connectivity index (χ0v) is 16.0. The van der Waals surface area contributed by atoms with Crippen LogP contribution in [0.4, 0.5) is 5.69 Å². The van der Waals surface area contributed by atoms with Crippen LogP contribution >= 0.6 is 0 Å². The van der Waals surface area contributed by atoms with Crippen LogP contribution in [0.15, 0.2) is 47.5 Å². The molecule has 1 nitrogen and oxygen atoms in total. The second kappa shape index (κ2) is 6.98. The van der Waals surface area contributed by atoms with Gasteiger partial charge < -0.3 is 0 Å². The van der Waals surface area contributed by atoms with Crippen molar-refractivity contribution in [2.45, 2.75) is 40.4 Å². The molecule has 0 atom stereocenters. The van der Waals surface area contributed by atoms with Crippen LogP contribution in [0.25, 0.3) is 0 Å². The molecular weight excluding hydrogens is 294 g/mol. The Kier molecular flexibility index (Phi) is 5.23. The first-order valence-corrected chi connectivity index (χ1v) is 11.5. The summed E-state index contributed by atoms with van der Waals surface area (Å²) in [4.78, 5) is 4.81. The molecule has 0 aliphatic rings. The molecule has 2 aromatic carbocycles. The Morgan fingerprint density at radius 2 is 1.52 bits per heavy atom. The lowest BCUT2D eigenvalue weighted by Crippen LogP contribution is -2.17. The first-order valence-electron chi connectivity index (χ1n) is 8.01. The summed E-state index contributed by atoms with van der Waals surface area (Å²) in [6.07, 6.45) is 0. The van der Waals surface area contributed by atoms with Gasteiger partial charge in [-0.15, -0.1) is 5.54 Å². The molecule has 23 heavy (non-hydrogen) atoms. The summed E-state index contributed by atoms with van der Waals surface area (Å²) in [5.74, 6) is 3.35. The molecule has 0 amide bonds.